The summed E-state index contributed by atoms with van der Waals surface area (Å²) in [5.41, 5.74) is 4.61. The van der Waals surface area contributed by atoms with Crippen LogP contribution in [0.25, 0.3) is 11.1 Å². The number of anilines is 1. The minimum Gasteiger partial charge on any atom is -0.487 e. The van der Waals surface area contributed by atoms with Crippen LogP contribution in [0.3, 0.4) is 0 Å². The third kappa shape index (κ3) is 6.23. The van der Waals surface area contributed by atoms with Crippen molar-refractivity contribution >= 4 is 17.4 Å². The molecule has 182 valence electrons. The molecular formula is C28H31N3O4. The first-order valence-electron chi connectivity index (χ1n) is 11.8. The van der Waals surface area contributed by atoms with Crippen LogP contribution in [0.1, 0.15) is 62.2 Å². The SMILES string of the molecule is CC(=O)c1ccc(OCc2cnccn2)c(-c2ccc3c(c2)CCCC(C(=O)OC(C)(C)C)N3)c1. The fourth-order valence-electron chi connectivity index (χ4n) is 4.07. The van der Waals surface area contributed by atoms with Crippen molar-refractivity contribution in [2.24, 2.45) is 0 Å². The van der Waals surface area contributed by atoms with Gasteiger partial charge < -0.3 is 14.8 Å². The fourth-order valence-corrected chi connectivity index (χ4v) is 4.07. The molecule has 0 fully saturated rings. The zero-order chi connectivity index (χ0) is 25.0. The molecule has 0 bridgehead atoms. The number of nitrogens with one attached hydrogen (secondary N) is 1. The maximum atomic E-state index is 12.7. The maximum Gasteiger partial charge on any atom is 0.329 e. The molecule has 4 rings (SSSR count). The van der Waals surface area contributed by atoms with Crippen molar-refractivity contribution in [2.75, 3.05) is 5.32 Å². The van der Waals surface area contributed by atoms with Crippen LogP contribution in [-0.2, 0) is 22.6 Å². The Morgan fingerprint density at radius 3 is 2.66 bits per heavy atom. The number of aryl methyl sites for hydroxylation is 1. The fraction of sp³-hybridized carbons (Fsp3) is 0.357. The third-order valence-electron chi connectivity index (χ3n) is 5.75. The number of ether oxygens (including phenoxy) is 2. The number of fused-ring (bicyclic) bond motifs is 1. The molecule has 2 heterocycles. The van der Waals surface area contributed by atoms with Gasteiger partial charge in [-0.2, -0.15) is 0 Å². The van der Waals surface area contributed by atoms with Gasteiger partial charge in [-0.3, -0.25) is 14.8 Å². The second-order valence-corrected chi connectivity index (χ2v) is 9.75. The molecule has 0 saturated carbocycles. The normalized spacial score (nSPS) is 15.4. The summed E-state index contributed by atoms with van der Waals surface area (Å²) in [7, 11) is 0. The zero-order valence-corrected chi connectivity index (χ0v) is 20.6. The van der Waals surface area contributed by atoms with E-state index in [1.807, 2.05) is 45.0 Å². The number of hydrogen-bond donors (Lipinski definition) is 1. The van der Waals surface area contributed by atoms with Gasteiger partial charge in [-0.25, -0.2) is 4.79 Å². The molecule has 1 N–H and O–H groups in total. The van der Waals surface area contributed by atoms with Gasteiger partial charge >= 0.3 is 5.97 Å². The van der Waals surface area contributed by atoms with Crippen molar-refractivity contribution in [3.63, 3.8) is 0 Å². The van der Waals surface area contributed by atoms with Gasteiger partial charge in [0.1, 0.15) is 24.0 Å². The number of Topliss-reactive ketones (excluding diaryl/α,β-unsaturated/α-hetero) is 1. The van der Waals surface area contributed by atoms with E-state index in [0.29, 0.717) is 23.4 Å². The topological polar surface area (TPSA) is 90.4 Å². The van der Waals surface area contributed by atoms with Gasteiger partial charge in [0.15, 0.2) is 5.78 Å². The highest BCUT2D eigenvalue weighted by molar-refractivity contribution is 5.96. The van der Waals surface area contributed by atoms with E-state index in [1.165, 1.54) is 0 Å². The number of carbonyl (C=O) groups is 2. The summed E-state index contributed by atoms with van der Waals surface area (Å²) in [5.74, 6) is 0.417. The second-order valence-electron chi connectivity index (χ2n) is 9.75. The van der Waals surface area contributed by atoms with E-state index in [2.05, 4.69) is 21.4 Å². The molecule has 2 aromatic carbocycles. The van der Waals surface area contributed by atoms with Crippen LogP contribution in [0, 0.1) is 0 Å². The van der Waals surface area contributed by atoms with Crippen molar-refractivity contribution in [1.82, 2.24) is 9.97 Å². The van der Waals surface area contributed by atoms with Crippen LogP contribution in [0.5, 0.6) is 5.75 Å². The predicted molar refractivity (Wildman–Crippen MR) is 134 cm³/mol. The van der Waals surface area contributed by atoms with Gasteiger partial charge in [0, 0.05) is 29.2 Å². The number of rotatable bonds is 6. The predicted octanol–water partition coefficient (Wildman–Crippen LogP) is 5.38. The van der Waals surface area contributed by atoms with Crippen LogP contribution in [-0.4, -0.2) is 33.4 Å². The Balaban J connectivity index is 1.62. The zero-order valence-electron chi connectivity index (χ0n) is 20.6. The lowest BCUT2D eigenvalue weighted by atomic mass is 9.97. The Hall–Kier alpha value is -3.74. The monoisotopic (exact) mass is 473 g/mol. The molecule has 1 atom stereocenters. The van der Waals surface area contributed by atoms with Crippen LogP contribution < -0.4 is 10.1 Å². The average Bonchev–Trinajstić information content (AvgIpc) is 3.04. The van der Waals surface area contributed by atoms with E-state index < -0.39 is 5.60 Å². The van der Waals surface area contributed by atoms with E-state index in [4.69, 9.17) is 9.47 Å². The molecule has 0 radical (unpaired) electrons. The Kier molecular flexibility index (Phi) is 7.15. The molecule has 0 amide bonds. The molecule has 1 aliphatic rings. The molecule has 1 unspecified atom stereocenters. The third-order valence-corrected chi connectivity index (χ3v) is 5.75. The van der Waals surface area contributed by atoms with Gasteiger partial charge in [0.2, 0.25) is 0 Å². The van der Waals surface area contributed by atoms with E-state index in [1.54, 1.807) is 31.6 Å². The average molecular weight is 474 g/mol. The molecule has 1 aromatic heterocycles. The van der Waals surface area contributed by atoms with Gasteiger partial charge in [0.25, 0.3) is 0 Å². The summed E-state index contributed by atoms with van der Waals surface area (Å²) < 4.78 is 11.7. The lowest BCUT2D eigenvalue weighted by Crippen LogP contribution is -2.36. The minimum atomic E-state index is -0.527. The highest BCUT2D eigenvalue weighted by Gasteiger charge is 2.27. The molecule has 35 heavy (non-hydrogen) atoms. The Morgan fingerprint density at radius 1 is 1.11 bits per heavy atom. The van der Waals surface area contributed by atoms with E-state index in [9.17, 15) is 9.59 Å². The van der Waals surface area contributed by atoms with E-state index in [0.717, 1.165) is 35.2 Å². The van der Waals surface area contributed by atoms with Gasteiger partial charge in [-0.15, -0.1) is 0 Å². The maximum absolute atomic E-state index is 12.7. The number of carbonyl (C=O) groups excluding carboxylic acids is 2. The van der Waals surface area contributed by atoms with Crippen LogP contribution >= 0.6 is 0 Å². The van der Waals surface area contributed by atoms with Crippen LogP contribution in [0.15, 0.2) is 55.0 Å². The molecule has 7 heteroatoms. The first kappa shape index (κ1) is 24.4. The van der Waals surface area contributed by atoms with Gasteiger partial charge in [-0.1, -0.05) is 6.07 Å². The summed E-state index contributed by atoms with van der Waals surface area (Å²) in [4.78, 5) is 33.1. The summed E-state index contributed by atoms with van der Waals surface area (Å²) in [5, 5.41) is 3.38. The quantitative estimate of drug-likeness (QED) is 0.379. The largest absolute Gasteiger partial charge is 0.487 e. The lowest BCUT2D eigenvalue weighted by molar-refractivity contribution is -0.155. The van der Waals surface area contributed by atoms with E-state index in [-0.39, 0.29) is 24.4 Å². The number of hydrogen-bond acceptors (Lipinski definition) is 7. The molecule has 0 saturated heterocycles. The minimum absolute atomic E-state index is 0.0108. The van der Waals surface area contributed by atoms with Gasteiger partial charge in [-0.05, 0) is 88.4 Å². The Bertz CT molecular complexity index is 1220. The van der Waals surface area contributed by atoms with Crippen molar-refractivity contribution in [1.29, 1.82) is 0 Å². The Morgan fingerprint density at radius 2 is 1.94 bits per heavy atom. The molecule has 0 aliphatic carbocycles. The molecule has 0 spiro atoms. The van der Waals surface area contributed by atoms with Crippen molar-refractivity contribution in [2.45, 2.75) is 65.2 Å². The second kappa shape index (κ2) is 10.3. The van der Waals surface area contributed by atoms with Crippen molar-refractivity contribution in [3.8, 4) is 16.9 Å². The van der Waals surface area contributed by atoms with Crippen LogP contribution in [0.2, 0.25) is 0 Å². The number of ketones is 1. The van der Waals surface area contributed by atoms with E-state index >= 15 is 0 Å². The molecule has 3 aromatic rings. The molecular weight excluding hydrogens is 442 g/mol. The summed E-state index contributed by atoms with van der Waals surface area (Å²) in [6.45, 7) is 7.45. The highest BCUT2D eigenvalue weighted by atomic mass is 16.6. The first-order chi connectivity index (χ1) is 16.7. The number of aromatic nitrogens is 2. The van der Waals surface area contributed by atoms with Gasteiger partial charge in [0.05, 0.1) is 11.9 Å². The Labute approximate surface area is 205 Å². The van der Waals surface area contributed by atoms with Crippen molar-refractivity contribution < 1.29 is 19.1 Å². The summed E-state index contributed by atoms with van der Waals surface area (Å²) in [6.07, 6.45) is 7.30. The molecule has 1 aliphatic heterocycles. The first-order valence-corrected chi connectivity index (χ1v) is 11.8. The van der Waals surface area contributed by atoms with Crippen LogP contribution in [0.4, 0.5) is 5.69 Å². The number of esters is 1. The molecule has 7 nitrogen and oxygen atoms in total. The number of nitrogens with zero attached hydrogens (tertiary/aromatic N) is 2. The highest BCUT2D eigenvalue weighted by Crippen LogP contribution is 2.35. The lowest BCUT2D eigenvalue weighted by Gasteiger charge is -2.24. The smallest absolute Gasteiger partial charge is 0.329 e. The van der Waals surface area contributed by atoms with Crippen molar-refractivity contribution in [3.05, 3.63) is 71.8 Å². The summed E-state index contributed by atoms with van der Waals surface area (Å²) in [6, 6.07) is 11.2. The summed E-state index contributed by atoms with van der Waals surface area (Å²) >= 11 is 0. The number of benzene rings is 2. The standard InChI is InChI=1S/C28H31N3O4/c1-18(32)19-9-11-26(34-17-22-16-29-12-13-30-22)23(15-19)20-8-10-24-21(14-20)6-5-7-25(31-24)27(33)35-28(2,3)4/h8-16,25,31H,5-7,17H2,1-4H3.